The van der Waals surface area contributed by atoms with Gasteiger partial charge in [0.2, 0.25) is 0 Å². The maximum atomic E-state index is 12.4. The van der Waals surface area contributed by atoms with Crippen molar-refractivity contribution in [3.8, 4) is 22.8 Å². The van der Waals surface area contributed by atoms with E-state index in [2.05, 4.69) is 57.4 Å². The Kier molecular flexibility index (Phi) is 7.20. The fourth-order valence-electron chi connectivity index (χ4n) is 5.87. The topological polar surface area (TPSA) is 66.5 Å². The third kappa shape index (κ3) is 4.88. The predicted molar refractivity (Wildman–Crippen MR) is 151 cm³/mol. The molecule has 0 fully saturated rings. The molecule has 0 bridgehead atoms. The van der Waals surface area contributed by atoms with Crippen molar-refractivity contribution in [1.29, 1.82) is 0 Å². The SMILES string of the molecule is CCc1cc2c(cc1-c1cc(C(N)=O)c(C)n1CCc1ccc(OC)c(OC)c1)C(C)(C)CCC2(C)C. The predicted octanol–water partition coefficient (Wildman–Crippen LogP) is 6.73. The van der Waals surface area contributed by atoms with Crippen molar-refractivity contribution < 1.29 is 14.3 Å². The molecule has 37 heavy (non-hydrogen) atoms. The van der Waals surface area contributed by atoms with E-state index in [9.17, 15) is 4.79 Å². The molecular weight excluding hydrogens is 460 g/mol. The number of fused-ring (bicyclic) bond motifs is 1. The summed E-state index contributed by atoms with van der Waals surface area (Å²) < 4.78 is 13.2. The number of amides is 1. The lowest BCUT2D eigenvalue weighted by Crippen LogP contribution is -2.34. The zero-order chi connectivity index (χ0) is 27.1. The molecule has 0 aliphatic heterocycles. The number of hydrogen-bond acceptors (Lipinski definition) is 3. The van der Waals surface area contributed by atoms with Gasteiger partial charge in [-0.25, -0.2) is 0 Å². The van der Waals surface area contributed by atoms with Crippen molar-refractivity contribution >= 4 is 5.91 Å². The lowest BCUT2D eigenvalue weighted by Gasteiger charge is -2.42. The standard InChI is InChI=1S/C32H42N2O3/c1-9-22-17-25-26(32(5,6)14-13-31(25,3)4)18-24(22)27-19-23(30(33)35)20(2)34(27)15-12-21-10-11-28(36-7)29(16-21)37-8/h10-11,16-19H,9,12-15H2,1-8H3,(H2,33,35). The van der Waals surface area contributed by atoms with Gasteiger partial charge >= 0.3 is 0 Å². The van der Waals surface area contributed by atoms with Gasteiger partial charge in [0, 0.05) is 23.5 Å². The summed E-state index contributed by atoms with van der Waals surface area (Å²) >= 11 is 0. The van der Waals surface area contributed by atoms with Crippen LogP contribution in [0.2, 0.25) is 0 Å². The Balaban J connectivity index is 1.84. The monoisotopic (exact) mass is 502 g/mol. The molecule has 1 aliphatic carbocycles. The fourth-order valence-corrected chi connectivity index (χ4v) is 5.87. The van der Waals surface area contributed by atoms with Crippen LogP contribution >= 0.6 is 0 Å². The van der Waals surface area contributed by atoms with E-state index in [1.165, 1.54) is 28.7 Å². The highest BCUT2D eigenvalue weighted by Gasteiger charge is 2.38. The van der Waals surface area contributed by atoms with Crippen LogP contribution in [-0.4, -0.2) is 24.7 Å². The zero-order valence-corrected chi connectivity index (χ0v) is 23.7. The second-order valence-corrected chi connectivity index (χ2v) is 11.7. The largest absolute Gasteiger partial charge is 0.493 e. The van der Waals surface area contributed by atoms with Crippen LogP contribution in [0, 0.1) is 6.92 Å². The number of methoxy groups -OCH3 is 2. The average Bonchev–Trinajstić information content (AvgIpc) is 3.20. The first-order chi connectivity index (χ1) is 17.4. The van der Waals surface area contributed by atoms with E-state index in [4.69, 9.17) is 15.2 Å². The Morgan fingerprint density at radius 2 is 1.57 bits per heavy atom. The Labute approximate surface area is 222 Å². The summed E-state index contributed by atoms with van der Waals surface area (Å²) in [6, 6.07) is 12.9. The second kappa shape index (κ2) is 9.92. The highest BCUT2D eigenvalue weighted by molar-refractivity contribution is 5.96. The Hall–Kier alpha value is -3.21. The van der Waals surface area contributed by atoms with Crippen molar-refractivity contribution in [3.63, 3.8) is 0 Å². The fraction of sp³-hybridized carbons (Fsp3) is 0.469. The third-order valence-corrected chi connectivity index (χ3v) is 8.44. The second-order valence-electron chi connectivity index (χ2n) is 11.7. The van der Waals surface area contributed by atoms with Gasteiger partial charge in [-0.1, -0.05) is 46.8 Å². The molecule has 198 valence electrons. The maximum Gasteiger partial charge on any atom is 0.250 e. The number of carbonyl (C=O) groups excluding carboxylic acids is 1. The molecule has 1 aliphatic rings. The highest BCUT2D eigenvalue weighted by atomic mass is 16.5. The van der Waals surface area contributed by atoms with Crippen LogP contribution in [0.4, 0.5) is 0 Å². The first-order valence-electron chi connectivity index (χ1n) is 13.3. The van der Waals surface area contributed by atoms with E-state index in [-0.39, 0.29) is 16.7 Å². The molecule has 0 saturated carbocycles. The van der Waals surface area contributed by atoms with Crippen molar-refractivity contribution in [2.45, 2.75) is 84.6 Å². The molecule has 0 saturated heterocycles. The van der Waals surface area contributed by atoms with Gasteiger partial charge in [-0.3, -0.25) is 4.79 Å². The summed E-state index contributed by atoms with van der Waals surface area (Å²) in [6.45, 7) is 14.4. The smallest absolute Gasteiger partial charge is 0.250 e. The van der Waals surface area contributed by atoms with Gasteiger partial charge in [0.05, 0.1) is 19.8 Å². The molecule has 2 N–H and O–H groups in total. The van der Waals surface area contributed by atoms with Gasteiger partial charge in [-0.2, -0.15) is 0 Å². The number of nitrogens with zero attached hydrogens (tertiary/aromatic N) is 1. The van der Waals surface area contributed by atoms with Gasteiger partial charge in [0.25, 0.3) is 5.91 Å². The van der Waals surface area contributed by atoms with Gasteiger partial charge in [0.1, 0.15) is 0 Å². The Morgan fingerprint density at radius 1 is 0.946 bits per heavy atom. The van der Waals surface area contributed by atoms with Crippen LogP contribution in [-0.2, 0) is 30.2 Å². The van der Waals surface area contributed by atoms with Gasteiger partial charge in [-0.05, 0) is 90.0 Å². The molecule has 1 heterocycles. The van der Waals surface area contributed by atoms with Crippen molar-refractivity contribution in [2.75, 3.05) is 14.2 Å². The van der Waals surface area contributed by atoms with Crippen LogP contribution in [0.5, 0.6) is 11.5 Å². The summed E-state index contributed by atoms with van der Waals surface area (Å²) in [5.74, 6) is 1.04. The summed E-state index contributed by atoms with van der Waals surface area (Å²) in [5.41, 5.74) is 15.2. The minimum Gasteiger partial charge on any atom is -0.493 e. The molecule has 0 atom stereocenters. The minimum absolute atomic E-state index is 0.102. The Bertz CT molecular complexity index is 1330. The summed E-state index contributed by atoms with van der Waals surface area (Å²) in [5, 5.41) is 0. The highest BCUT2D eigenvalue weighted by Crippen LogP contribution is 2.48. The quantitative estimate of drug-likeness (QED) is 0.371. The number of primary amides is 1. The van der Waals surface area contributed by atoms with E-state index in [0.29, 0.717) is 11.3 Å². The Morgan fingerprint density at radius 3 is 2.14 bits per heavy atom. The first kappa shape index (κ1) is 26.8. The molecule has 4 rings (SSSR count). The lowest BCUT2D eigenvalue weighted by atomic mass is 9.62. The number of aryl methyl sites for hydroxylation is 2. The van der Waals surface area contributed by atoms with Crippen LogP contribution in [0.25, 0.3) is 11.3 Å². The van der Waals surface area contributed by atoms with E-state index in [1.807, 2.05) is 25.1 Å². The molecule has 1 amide bonds. The summed E-state index contributed by atoms with van der Waals surface area (Å²) in [4.78, 5) is 12.4. The minimum atomic E-state index is -0.388. The lowest BCUT2D eigenvalue weighted by molar-refractivity contribution is 0.0999. The summed E-state index contributed by atoms with van der Waals surface area (Å²) in [7, 11) is 3.30. The van der Waals surface area contributed by atoms with Crippen molar-refractivity contribution in [2.24, 2.45) is 5.73 Å². The number of nitrogens with two attached hydrogens (primary N) is 1. The molecule has 2 aromatic carbocycles. The van der Waals surface area contributed by atoms with E-state index < -0.39 is 0 Å². The molecule has 5 heteroatoms. The van der Waals surface area contributed by atoms with E-state index >= 15 is 0 Å². The number of ether oxygens (including phenoxy) is 2. The van der Waals surface area contributed by atoms with E-state index in [0.717, 1.165) is 48.5 Å². The molecule has 3 aromatic rings. The molecule has 1 aromatic heterocycles. The average molecular weight is 503 g/mol. The molecule has 5 nitrogen and oxygen atoms in total. The normalized spacial score (nSPS) is 15.8. The number of carbonyl (C=O) groups is 1. The molecular formula is C32H42N2O3. The van der Waals surface area contributed by atoms with Crippen LogP contribution < -0.4 is 15.2 Å². The maximum absolute atomic E-state index is 12.4. The van der Waals surface area contributed by atoms with Gasteiger partial charge < -0.3 is 19.8 Å². The van der Waals surface area contributed by atoms with Crippen molar-refractivity contribution in [3.05, 3.63) is 69.9 Å². The van der Waals surface area contributed by atoms with Crippen LogP contribution in [0.1, 0.15) is 85.8 Å². The number of rotatable bonds is 8. The van der Waals surface area contributed by atoms with Crippen LogP contribution in [0.15, 0.2) is 36.4 Å². The third-order valence-electron chi connectivity index (χ3n) is 8.44. The number of aromatic nitrogens is 1. The zero-order valence-electron chi connectivity index (χ0n) is 23.7. The molecule has 0 spiro atoms. The molecule has 0 radical (unpaired) electrons. The van der Waals surface area contributed by atoms with E-state index in [1.54, 1.807) is 14.2 Å². The van der Waals surface area contributed by atoms with Crippen molar-refractivity contribution in [1.82, 2.24) is 4.57 Å². The first-order valence-corrected chi connectivity index (χ1v) is 13.3. The van der Waals surface area contributed by atoms with Gasteiger partial charge in [0.15, 0.2) is 11.5 Å². The number of benzene rings is 2. The van der Waals surface area contributed by atoms with Gasteiger partial charge in [-0.15, -0.1) is 0 Å². The van der Waals surface area contributed by atoms with Crippen LogP contribution in [0.3, 0.4) is 0 Å². The number of hydrogen-bond donors (Lipinski definition) is 1. The summed E-state index contributed by atoms with van der Waals surface area (Å²) in [6.07, 6.45) is 4.04. The molecule has 0 unspecified atom stereocenters.